The number of likely N-dealkylation sites (N-methyl/N-ethyl adjacent to an activating group) is 1. The SMILES string of the molecule is CCNC(=O)C(=O)N[C@@H](C)CC1CCC2(CC1)OC(=O)NN=C2c1cc(C#N)ccc1Br. The van der Waals surface area contributed by atoms with Crippen LogP contribution in [0.25, 0.3) is 0 Å². The first-order valence-corrected chi connectivity index (χ1v) is 11.4. The highest BCUT2D eigenvalue weighted by molar-refractivity contribution is 9.10. The Bertz CT molecular complexity index is 979. The second kappa shape index (κ2) is 10.1. The molecule has 32 heavy (non-hydrogen) atoms. The first kappa shape index (κ1) is 23.7. The summed E-state index contributed by atoms with van der Waals surface area (Å²) in [7, 11) is 0. The van der Waals surface area contributed by atoms with Crippen molar-refractivity contribution in [3.63, 3.8) is 0 Å². The van der Waals surface area contributed by atoms with Crippen molar-refractivity contribution in [2.45, 2.75) is 57.6 Å². The minimum Gasteiger partial charge on any atom is -0.435 e. The maximum Gasteiger partial charge on any atom is 0.428 e. The lowest BCUT2D eigenvalue weighted by Crippen LogP contribution is -2.52. The van der Waals surface area contributed by atoms with Gasteiger partial charge in [0.15, 0.2) is 5.60 Å². The molecule has 1 spiro atoms. The van der Waals surface area contributed by atoms with Crippen LogP contribution in [0, 0.1) is 17.2 Å². The Labute approximate surface area is 195 Å². The van der Waals surface area contributed by atoms with E-state index in [0.717, 1.165) is 17.3 Å². The van der Waals surface area contributed by atoms with Gasteiger partial charge in [0.05, 0.1) is 11.6 Å². The van der Waals surface area contributed by atoms with Crippen LogP contribution in [-0.2, 0) is 14.3 Å². The largest absolute Gasteiger partial charge is 0.435 e. The lowest BCUT2D eigenvalue weighted by molar-refractivity contribution is -0.139. The van der Waals surface area contributed by atoms with Crippen LogP contribution in [0.5, 0.6) is 0 Å². The third-order valence-electron chi connectivity index (χ3n) is 5.85. The standard InChI is InChI=1S/C22H26BrN5O4/c1-3-25-19(29)20(30)26-13(2)10-14-6-8-22(9-7-14)18(27-28-21(31)32-22)16-11-15(12-24)4-5-17(16)23/h4-5,11,13-14H,3,6-10H2,1-2H3,(H,25,29)(H,26,30)(H,28,31)/t13-,14?,22?/m0/s1. The molecule has 3 amide bonds. The van der Waals surface area contributed by atoms with E-state index in [1.165, 1.54) is 0 Å². The van der Waals surface area contributed by atoms with Crippen LogP contribution >= 0.6 is 15.9 Å². The van der Waals surface area contributed by atoms with Gasteiger partial charge in [-0.1, -0.05) is 15.9 Å². The highest BCUT2D eigenvalue weighted by Gasteiger charge is 2.46. The fraction of sp³-hybridized carbons (Fsp3) is 0.500. The fourth-order valence-electron chi connectivity index (χ4n) is 4.34. The average Bonchev–Trinajstić information content (AvgIpc) is 2.76. The van der Waals surface area contributed by atoms with E-state index >= 15 is 0 Å². The van der Waals surface area contributed by atoms with Crippen LogP contribution in [0.4, 0.5) is 4.79 Å². The van der Waals surface area contributed by atoms with E-state index in [2.05, 4.69) is 43.2 Å². The molecule has 1 saturated carbocycles. The van der Waals surface area contributed by atoms with E-state index in [-0.39, 0.29) is 6.04 Å². The number of ether oxygens (including phenoxy) is 1. The predicted molar refractivity (Wildman–Crippen MR) is 121 cm³/mol. The van der Waals surface area contributed by atoms with E-state index in [1.807, 2.05) is 6.92 Å². The summed E-state index contributed by atoms with van der Waals surface area (Å²) in [5, 5.41) is 18.8. The first-order valence-electron chi connectivity index (χ1n) is 10.6. The number of halogens is 1. The van der Waals surface area contributed by atoms with Crippen molar-refractivity contribution >= 4 is 39.5 Å². The van der Waals surface area contributed by atoms with Crippen molar-refractivity contribution in [1.29, 1.82) is 5.26 Å². The van der Waals surface area contributed by atoms with Crippen molar-refractivity contribution < 1.29 is 19.1 Å². The third kappa shape index (κ3) is 5.27. The molecule has 1 aliphatic heterocycles. The topological polar surface area (TPSA) is 133 Å². The molecule has 1 fully saturated rings. The summed E-state index contributed by atoms with van der Waals surface area (Å²) in [6.45, 7) is 4.03. The number of benzene rings is 1. The smallest absolute Gasteiger partial charge is 0.428 e. The van der Waals surface area contributed by atoms with Gasteiger partial charge in [-0.3, -0.25) is 9.59 Å². The molecule has 0 unspecified atom stereocenters. The highest BCUT2D eigenvalue weighted by Crippen LogP contribution is 2.41. The molecule has 9 nitrogen and oxygen atoms in total. The molecule has 1 aliphatic carbocycles. The quantitative estimate of drug-likeness (QED) is 0.531. The first-order chi connectivity index (χ1) is 15.3. The van der Waals surface area contributed by atoms with Crippen LogP contribution in [0.1, 0.15) is 57.1 Å². The number of nitrogens with one attached hydrogen (secondary N) is 3. The molecule has 0 aromatic heterocycles. The lowest BCUT2D eigenvalue weighted by Gasteiger charge is -2.42. The van der Waals surface area contributed by atoms with Crippen LogP contribution in [0.2, 0.25) is 0 Å². The number of hydrogen-bond donors (Lipinski definition) is 3. The molecule has 0 bridgehead atoms. The van der Waals surface area contributed by atoms with Crippen molar-refractivity contribution in [3.8, 4) is 6.07 Å². The van der Waals surface area contributed by atoms with Gasteiger partial charge < -0.3 is 15.4 Å². The molecule has 3 N–H and O–H groups in total. The molecule has 1 aromatic rings. The molecule has 1 aromatic carbocycles. The molecule has 1 heterocycles. The summed E-state index contributed by atoms with van der Waals surface area (Å²) in [4.78, 5) is 35.6. The Morgan fingerprint density at radius 3 is 2.75 bits per heavy atom. The van der Waals surface area contributed by atoms with E-state index < -0.39 is 23.5 Å². The summed E-state index contributed by atoms with van der Waals surface area (Å²) < 4.78 is 6.54. The van der Waals surface area contributed by atoms with Gasteiger partial charge in [0, 0.05) is 22.6 Å². The third-order valence-corrected chi connectivity index (χ3v) is 6.54. The van der Waals surface area contributed by atoms with Gasteiger partial charge in [0.1, 0.15) is 5.71 Å². The molecule has 170 valence electrons. The van der Waals surface area contributed by atoms with Gasteiger partial charge in [0.2, 0.25) is 0 Å². The summed E-state index contributed by atoms with van der Waals surface area (Å²) in [5.74, 6) is -0.959. The molecule has 0 radical (unpaired) electrons. The predicted octanol–water partition coefficient (Wildman–Crippen LogP) is 2.72. The monoisotopic (exact) mass is 503 g/mol. The van der Waals surface area contributed by atoms with Gasteiger partial charge >= 0.3 is 17.9 Å². The second-order valence-corrected chi connectivity index (χ2v) is 9.03. The van der Waals surface area contributed by atoms with Crippen LogP contribution < -0.4 is 16.1 Å². The Balaban J connectivity index is 1.69. The Hall–Kier alpha value is -2.93. The van der Waals surface area contributed by atoms with Crippen molar-refractivity contribution in [2.75, 3.05) is 6.54 Å². The number of amides is 3. The second-order valence-electron chi connectivity index (χ2n) is 8.18. The van der Waals surface area contributed by atoms with Gasteiger partial charge in [0.25, 0.3) is 0 Å². The maximum absolute atomic E-state index is 12.0. The van der Waals surface area contributed by atoms with Crippen LogP contribution in [-0.4, -0.2) is 41.8 Å². The van der Waals surface area contributed by atoms with Gasteiger partial charge in [-0.2, -0.15) is 10.4 Å². The number of hydrogen-bond acceptors (Lipinski definition) is 6. The number of carbonyl (C=O) groups is 3. The summed E-state index contributed by atoms with van der Waals surface area (Å²) in [6, 6.07) is 7.19. The molecule has 3 rings (SSSR count). The number of nitriles is 1. The summed E-state index contributed by atoms with van der Waals surface area (Å²) in [5.41, 5.74) is 3.32. The van der Waals surface area contributed by atoms with Crippen molar-refractivity contribution in [2.24, 2.45) is 11.0 Å². The number of rotatable bonds is 5. The minimum atomic E-state index is -0.872. The zero-order valence-corrected chi connectivity index (χ0v) is 19.6. The van der Waals surface area contributed by atoms with E-state index in [0.29, 0.717) is 48.6 Å². The Morgan fingerprint density at radius 1 is 1.38 bits per heavy atom. The molecule has 1 atom stereocenters. The highest BCUT2D eigenvalue weighted by atomic mass is 79.9. The molecule has 10 heteroatoms. The normalized spacial score (nSPS) is 23.2. The van der Waals surface area contributed by atoms with Crippen LogP contribution in [0.15, 0.2) is 27.8 Å². The lowest BCUT2D eigenvalue weighted by atomic mass is 9.72. The molecule has 2 aliphatic rings. The van der Waals surface area contributed by atoms with Crippen molar-refractivity contribution in [1.82, 2.24) is 16.1 Å². The molecular weight excluding hydrogens is 478 g/mol. The number of hydrazone groups is 1. The Morgan fingerprint density at radius 2 is 2.09 bits per heavy atom. The number of carbonyl (C=O) groups excluding carboxylic acids is 3. The fourth-order valence-corrected chi connectivity index (χ4v) is 4.78. The van der Waals surface area contributed by atoms with Crippen LogP contribution in [0.3, 0.4) is 0 Å². The van der Waals surface area contributed by atoms with Crippen molar-refractivity contribution in [3.05, 3.63) is 33.8 Å². The van der Waals surface area contributed by atoms with E-state index in [9.17, 15) is 19.6 Å². The molecular formula is C22H26BrN5O4. The summed E-state index contributed by atoms with van der Waals surface area (Å²) in [6.07, 6.45) is 2.80. The van der Waals surface area contributed by atoms with E-state index in [1.54, 1.807) is 25.1 Å². The zero-order valence-electron chi connectivity index (χ0n) is 18.0. The average molecular weight is 504 g/mol. The molecule has 0 saturated heterocycles. The van der Waals surface area contributed by atoms with Gasteiger partial charge in [-0.15, -0.1) is 0 Å². The van der Waals surface area contributed by atoms with Gasteiger partial charge in [-0.05, 0) is 70.1 Å². The zero-order chi connectivity index (χ0) is 23.3. The van der Waals surface area contributed by atoms with E-state index in [4.69, 9.17) is 4.74 Å². The van der Waals surface area contributed by atoms with Gasteiger partial charge in [-0.25, -0.2) is 10.2 Å². The maximum atomic E-state index is 12.0. The Kier molecular flexibility index (Phi) is 7.51. The minimum absolute atomic E-state index is 0.158. The number of nitrogens with zero attached hydrogens (tertiary/aromatic N) is 2. The summed E-state index contributed by atoms with van der Waals surface area (Å²) >= 11 is 3.52.